The van der Waals surface area contributed by atoms with Crippen molar-refractivity contribution in [1.29, 1.82) is 0 Å². The maximum Gasteiger partial charge on any atom is 0.411 e. The Kier molecular flexibility index (Phi) is 24.0. The molecule has 0 saturated carbocycles. The molecule has 15 aromatic rings. The summed E-state index contributed by atoms with van der Waals surface area (Å²) in [6.45, 7) is 4.01. The average molecular weight is 1470 g/mol. The number of benzene rings is 15. The van der Waals surface area contributed by atoms with Crippen LogP contribution < -0.4 is 9.47 Å². The Balaban J connectivity index is 0.838. The highest BCUT2D eigenvalue weighted by Gasteiger charge is 2.33. The van der Waals surface area contributed by atoms with Crippen LogP contribution in [0.2, 0.25) is 0 Å². The van der Waals surface area contributed by atoms with E-state index in [0.717, 1.165) is 35.1 Å². The average Bonchev–Trinajstić information content (AvgIpc) is 0.643. The third-order valence-electron chi connectivity index (χ3n) is 22.6. The zero-order chi connectivity index (χ0) is 74.1. The molecule has 0 saturated heterocycles. The third kappa shape index (κ3) is 16.2. The molecular weight excluding hydrogens is 1370 g/mol. The van der Waals surface area contributed by atoms with Gasteiger partial charge < -0.3 is 37.9 Å². The van der Waals surface area contributed by atoms with Crippen LogP contribution in [0.1, 0.15) is 153 Å². The lowest BCUT2D eigenvalue weighted by molar-refractivity contribution is -0.177. The fourth-order valence-corrected chi connectivity index (χ4v) is 17.7. The molecule has 0 aliphatic carbocycles. The lowest BCUT2D eigenvalue weighted by Gasteiger charge is -2.30. The molecule has 0 spiro atoms. The van der Waals surface area contributed by atoms with Gasteiger partial charge in [0, 0.05) is 0 Å². The lowest BCUT2D eigenvalue weighted by atomic mass is 9.72. The second-order valence-corrected chi connectivity index (χ2v) is 30.1. The Morgan fingerprint density at radius 2 is 0.472 bits per heavy atom. The van der Waals surface area contributed by atoms with Gasteiger partial charge in [0.15, 0.2) is 0 Å². The normalized spacial score (nSPS) is 12.9. The van der Waals surface area contributed by atoms with Gasteiger partial charge in [0.05, 0.1) is 66.1 Å². The molecule has 0 unspecified atom stereocenters. The zero-order valence-electron chi connectivity index (χ0n) is 62.7. The van der Waals surface area contributed by atoms with E-state index in [-0.39, 0.29) is 52.9 Å². The summed E-state index contributed by atoms with van der Waals surface area (Å²) in [5.74, 6) is 1.41. The highest BCUT2D eigenvalue weighted by Crippen LogP contribution is 2.61. The third-order valence-corrected chi connectivity index (χ3v) is 22.6. The van der Waals surface area contributed by atoms with Crippen molar-refractivity contribution in [3.05, 3.63) is 145 Å². The maximum absolute atomic E-state index is 12.5. The van der Waals surface area contributed by atoms with Gasteiger partial charge in [-0.2, -0.15) is 26.3 Å². The van der Waals surface area contributed by atoms with Crippen LogP contribution in [-0.4, -0.2) is 105 Å². The smallest absolute Gasteiger partial charge is 0.411 e. The van der Waals surface area contributed by atoms with E-state index in [9.17, 15) is 26.3 Å². The van der Waals surface area contributed by atoms with Gasteiger partial charge >= 0.3 is 12.4 Å². The molecule has 0 radical (unpaired) electrons. The molecule has 0 N–H and O–H groups in total. The Hall–Kier alpha value is -8.08. The monoisotopic (exact) mass is 1470 g/mol. The van der Waals surface area contributed by atoms with E-state index in [2.05, 4.69) is 133 Å². The molecule has 0 fully saturated rings. The lowest BCUT2D eigenvalue weighted by Crippen LogP contribution is -2.19. The summed E-state index contributed by atoms with van der Waals surface area (Å²) in [5.41, 5.74) is 7.17. The van der Waals surface area contributed by atoms with Crippen LogP contribution in [0.4, 0.5) is 26.3 Å². The van der Waals surface area contributed by atoms with E-state index in [0.29, 0.717) is 37.9 Å². The van der Waals surface area contributed by atoms with Gasteiger partial charge in [-0.15, -0.1) is 0 Å². The first-order valence-corrected chi connectivity index (χ1v) is 40.2. The van der Waals surface area contributed by atoms with Crippen LogP contribution in [0.5, 0.6) is 11.5 Å². The second-order valence-electron chi connectivity index (χ2n) is 30.1. The summed E-state index contributed by atoms with van der Waals surface area (Å²) >= 11 is 0. The quantitative estimate of drug-likeness (QED) is 0.0162. The van der Waals surface area contributed by atoms with Gasteiger partial charge in [0.2, 0.25) is 0 Å². The highest BCUT2D eigenvalue weighted by atomic mass is 19.4. The summed E-state index contributed by atoms with van der Waals surface area (Å²) in [6.07, 6.45) is 19.4. The SMILES string of the molecule is CCCCCCCCCCCCc1cc2c3cccc4c5cc(-c6ccc(OCCOCCOCCOCC(F)(F)F)cc6)cc6c7cc(-c8ccc(OCCOCCOCCOCC(F)(F)F)cc8)cc8c9cccc%10c%11cc(CCCCCCCCCCCC)cc%12c(c1)c2c1c(c34)c(c56)c(c87)c(c%109)c1c%11%12. The largest absolute Gasteiger partial charge is 0.491 e. The summed E-state index contributed by atoms with van der Waals surface area (Å²) in [4.78, 5) is 0. The predicted octanol–water partition coefficient (Wildman–Crippen LogP) is 26.4. The van der Waals surface area contributed by atoms with Gasteiger partial charge in [-0.1, -0.05) is 214 Å². The number of aryl methyl sites for hydroxylation is 2. The van der Waals surface area contributed by atoms with E-state index in [4.69, 9.17) is 28.4 Å². The molecule has 108 heavy (non-hydrogen) atoms. The molecular formula is C94H100F6O8. The number of unbranched alkanes of at least 4 members (excludes halogenated alkanes) is 18. The molecule has 8 nitrogen and oxygen atoms in total. The van der Waals surface area contributed by atoms with Crippen molar-refractivity contribution in [2.45, 2.75) is 167 Å². The molecule has 14 heteroatoms. The molecule has 0 heterocycles. The number of alkyl halides is 6. The van der Waals surface area contributed by atoms with Crippen LogP contribution in [0.3, 0.4) is 0 Å². The number of fused-ring (bicyclic) bond motifs is 6. The van der Waals surface area contributed by atoms with E-state index >= 15 is 0 Å². The highest BCUT2D eigenvalue weighted by molar-refractivity contribution is 6.61. The molecule has 0 aromatic heterocycles. The van der Waals surface area contributed by atoms with Gasteiger partial charge in [0.25, 0.3) is 0 Å². The Bertz CT molecular complexity index is 5050. The number of rotatable bonds is 46. The molecule has 566 valence electrons. The molecule has 15 rings (SSSR count). The number of hydrogen-bond donors (Lipinski definition) is 0. The summed E-state index contributed by atoms with van der Waals surface area (Å²) in [6, 6.07) is 51.2. The Morgan fingerprint density at radius 1 is 0.231 bits per heavy atom. The maximum atomic E-state index is 12.5. The van der Waals surface area contributed by atoms with E-state index < -0.39 is 25.6 Å². The fourth-order valence-electron chi connectivity index (χ4n) is 17.7. The van der Waals surface area contributed by atoms with E-state index in [1.807, 2.05) is 24.3 Å². The van der Waals surface area contributed by atoms with Crippen molar-refractivity contribution >= 4 is 129 Å². The zero-order valence-corrected chi connectivity index (χ0v) is 62.7. The Morgan fingerprint density at radius 3 is 0.769 bits per heavy atom. The minimum atomic E-state index is -4.37. The number of hydrogen-bond acceptors (Lipinski definition) is 8. The minimum absolute atomic E-state index is 0.0454. The first-order valence-electron chi connectivity index (χ1n) is 40.2. The van der Waals surface area contributed by atoms with Crippen LogP contribution in [-0.2, 0) is 41.3 Å². The predicted molar refractivity (Wildman–Crippen MR) is 434 cm³/mol. The van der Waals surface area contributed by atoms with Gasteiger partial charge in [-0.05, 0) is 237 Å². The van der Waals surface area contributed by atoms with Crippen molar-refractivity contribution in [3.8, 4) is 33.8 Å². The standard InChI is InChI=1S/C94H100F6O8/c1-3-5-7-9-11-13-15-17-19-21-25-61-51-73-69-27-23-29-71-77-55-65(63-31-35-67(36-32-63)107-49-47-103-41-39-101-43-45-105-59-93(95,96)97)57-79-80-58-66(64-33-37-68(38-34-64)108-50-48-104-42-40-102-44-46-106-60-94(98,99)100)56-78-72-30-24-28-70-74-52-62(26-22-20-18-16-14-12-10-8-6-4-2)54-76-75(53-61)83(73)89-87(81(69)71)91(85(77)79)92(86(78)80)88(82(70)72)90(89)84(74)76/h23-24,27-38,51-58H,3-22,25-26,39-50,59-60H2,1-2H3. The van der Waals surface area contributed by atoms with E-state index in [1.54, 1.807) is 0 Å². The minimum Gasteiger partial charge on any atom is -0.491 e. The van der Waals surface area contributed by atoms with Crippen molar-refractivity contribution in [2.75, 3.05) is 92.5 Å². The fraction of sp³-hybridized carbons (Fsp3) is 0.426. The van der Waals surface area contributed by atoms with Crippen LogP contribution in [0, 0.1) is 0 Å². The topological polar surface area (TPSA) is 73.8 Å². The number of halogens is 6. The Labute approximate surface area is 628 Å². The molecule has 0 amide bonds. The van der Waals surface area contributed by atoms with Crippen LogP contribution >= 0.6 is 0 Å². The van der Waals surface area contributed by atoms with Crippen LogP contribution in [0.15, 0.2) is 133 Å². The second kappa shape index (κ2) is 34.5. The first-order chi connectivity index (χ1) is 52.9. The van der Waals surface area contributed by atoms with Crippen molar-refractivity contribution in [2.24, 2.45) is 0 Å². The van der Waals surface area contributed by atoms with Gasteiger partial charge in [-0.25, -0.2) is 0 Å². The molecule has 15 aromatic carbocycles. The van der Waals surface area contributed by atoms with Crippen molar-refractivity contribution in [1.82, 2.24) is 0 Å². The first kappa shape index (κ1) is 75.3. The summed E-state index contributed by atoms with van der Waals surface area (Å²) in [7, 11) is 0. The van der Waals surface area contributed by atoms with E-state index in [1.165, 1.54) is 269 Å². The number of ether oxygens (including phenoxy) is 8. The van der Waals surface area contributed by atoms with Crippen molar-refractivity contribution < 1.29 is 64.2 Å². The van der Waals surface area contributed by atoms with Gasteiger partial charge in [-0.3, -0.25) is 0 Å². The van der Waals surface area contributed by atoms with Gasteiger partial charge in [0.1, 0.15) is 37.9 Å². The van der Waals surface area contributed by atoms with Crippen LogP contribution in [0.25, 0.3) is 152 Å². The molecule has 0 atom stereocenters. The molecule has 0 aliphatic rings. The summed E-state index contributed by atoms with van der Waals surface area (Å²) in [5, 5.41) is 31.7. The molecule has 0 bridgehead atoms. The molecule has 0 aliphatic heterocycles. The summed E-state index contributed by atoms with van der Waals surface area (Å²) < 4.78 is 119. The van der Waals surface area contributed by atoms with Crippen molar-refractivity contribution in [3.63, 3.8) is 0 Å².